The van der Waals surface area contributed by atoms with Crippen molar-refractivity contribution in [2.24, 2.45) is 0 Å². The minimum absolute atomic E-state index is 0.0649. The Kier molecular flexibility index (Phi) is 5.50. The van der Waals surface area contributed by atoms with Crippen molar-refractivity contribution >= 4 is 17.2 Å². The third kappa shape index (κ3) is 4.36. The number of carbonyl (C=O) groups is 1. The zero-order chi connectivity index (χ0) is 21.0. The second-order valence-corrected chi connectivity index (χ2v) is 8.44. The summed E-state index contributed by atoms with van der Waals surface area (Å²) in [5.74, 6) is 1.78. The van der Waals surface area contributed by atoms with Crippen molar-refractivity contribution in [1.29, 1.82) is 0 Å². The molecule has 3 heterocycles. The van der Waals surface area contributed by atoms with E-state index < -0.39 is 0 Å². The monoisotopic (exact) mass is 431 g/mol. The van der Waals surface area contributed by atoms with Crippen LogP contribution in [0, 0.1) is 0 Å². The number of rotatable bonds is 6. The lowest BCUT2D eigenvalue weighted by atomic mass is 10.2. The van der Waals surface area contributed by atoms with E-state index in [4.69, 9.17) is 9.26 Å². The van der Waals surface area contributed by atoms with E-state index in [-0.39, 0.29) is 12.0 Å². The van der Waals surface area contributed by atoms with Crippen molar-refractivity contribution in [1.82, 2.24) is 15.0 Å². The van der Waals surface area contributed by atoms with Crippen LogP contribution in [0.1, 0.15) is 11.3 Å². The molecule has 2 aromatic carbocycles. The van der Waals surface area contributed by atoms with E-state index >= 15 is 0 Å². The summed E-state index contributed by atoms with van der Waals surface area (Å²) in [6.45, 7) is 1.29. The zero-order valence-corrected chi connectivity index (χ0v) is 17.6. The van der Waals surface area contributed by atoms with Gasteiger partial charge < -0.3 is 14.2 Å². The molecule has 2 aromatic heterocycles. The van der Waals surface area contributed by atoms with Crippen LogP contribution in [0.25, 0.3) is 22.8 Å². The first kappa shape index (κ1) is 19.5. The van der Waals surface area contributed by atoms with Crippen molar-refractivity contribution < 1.29 is 14.1 Å². The number of aromatic nitrogens is 2. The molecule has 1 saturated heterocycles. The molecule has 1 amide bonds. The van der Waals surface area contributed by atoms with E-state index in [2.05, 4.69) is 10.1 Å². The van der Waals surface area contributed by atoms with Crippen LogP contribution in [-0.2, 0) is 11.2 Å². The van der Waals surface area contributed by atoms with E-state index in [1.54, 1.807) is 11.3 Å². The molecular formula is C24H21N3O3S. The third-order valence-electron chi connectivity index (χ3n) is 5.27. The lowest BCUT2D eigenvalue weighted by molar-refractivity contribution is -0.129. The van der Waals surface area contributed by atoms with Crippen LogP contribution in [0.15, 0.2) is 76.6 Å². The minimum atomic E-state index is -0.0649. The molecule has 5 rings (SSSR count). The first-order valence-electron chi connectivity index (χ1n) is 10.2. The largest absolute Gasteiger partial charge is 0.488 e. The van der Waals surface area contributed by atoms with E-state index in [0.29, 0.717) is 37.0 Å². The Morgan fingerprint density at radius 3 is 2.77 bits per heavy atom. The number of amides is 1. The summed E-state index contributed by atoms with van der Waals surface area (Å²) >= 11 is 1.61. The number of thiophene rings is 1. The van der Waals surface area contributed by atoms with Crippen LogP contribution in [0.4, 0.5) is 0 Å². The Morgan fingerprint density at radius 1 is 1.10 bits per heavy atom. The number of nitrogens with zero attached hydrogens (tertiary/aromatic N) is 3. The number of carbonyl (C=O) groups excluding carboxylic acids is 1. The Balaban J connectivity index is 1.28. The summed E-state index contributed by atoms with van der Waals surface area (Å²) in [6, 6.07) is 21.3. The highest BCUT2D eigenvalue weighted by Crippen LogP contribution is 2.32. The van der Waals surface area contributed by atoms with Gasteiger partial charge in [0.1, 0.15) is 11.9 Å². The summed E-state index contributed by atoms with van der Waals surface area (Å²) < 4.78 is 11.8. The van der Waals surface area contributed by atoms with E-state index in [9.17, 15) is 4.79 Å². The van der Waals surface area contributed by atoms with Gasteiger partial charge >= 0.3 is 0 Å². The average molecular weight is 432 g/mol. The normalized spacial score (nSPS) is 15.9. The molecule has 6 nitrogen and oxygen atoms in total. The van der Waals surface area contributed by atoms with Gasteiger partial charge in [-0.05, 0) is 23.6 Å². The molecule has 1 aliphatic heterocycles. The maximum Gasteiger partial charge on any atom is 0.262 e. The molecule has 0 spiro atoms. The highest BCUT2D eigenvalue weighted by atomic mass is 32.1. The predicted octanol–water partition coefficient (Wildman–Crippen LogP) is 4.69. The van der Waals surface area contributed by atoms with Crippen LogP contribution in [0.5, 0.6) is 5.75 Å². The average Bonchev–Trinajstić information content (AvgIpc) is 3.57. The summed E-state index contributed by atoms with van der Waals surface area (Å²) in [6.07, 6.45) is 1.18. The van der Waals surface area contributed by atoms with Gasteiger partial charge in [0, 0.05) is 23.4 Å². The van der Waals surface area contributed by atoms with Crippen molar-refractivity contribution in [2.45, 2.75) is 18.9 Å². The van der Waals surface area contributed by atoms with Gasteiger partial charge in [0.15, 0.2) is 0 Å². The lowest BCUT2D eigenvalue weighted by Gasteiger charge is -2.18. The van der Waals surface area contributed by atoms with Crippen molar-refractivity contribution in [3.63, 3.8) is 0 Å². The van der Waals surface area contributed by atoms with Gasteiger partial charge in [-0.1, -0.05) is 53.7 Å². The van der Waals surface area contributed by atoms with Crippen LogP contribution in [0.3, 0.4) is 0 Å². The molecule has 0 saturated carbocycles. The topological polar surface area (TPSA) is 68.5 Å². The molecule has 0 aliphatic carbocycles. The van der Waals surface area contributed by atoms with Gasteiger partial charge in [0.05, 0.1) is 18.5 Å². The fraction of sp³-hybridized carbons (Fsp3) is 0.208. The van der Waals surface area contributed by atoms with Gasteiger partial charge in [-0.25, -0.2) is 0 Å². The van der Waals surface area contributed by atoms with E-state index in [1.165, 1.54) is 0 Å². The number of benzene rings is 2. The van der Waals surface area contributed by atoms with Crippen LogP contribution in [-0.4, -0.2) is 40.1 Å². The Hall–Kier alpha value is -3.45. The smallest absolute Gasteiger partial charge is 0.262 e. The second-order valence-electron chi connectivity index (χ2n) is 7.41. The Morgan fingerprint density at radius 2 is 1.94 bits per heavy atom. The Bertz CT molecular complexity index is 1160. The highest BCUT2D eigenvalue weighted by Gasteiger charge is 2.28. The molecule has 4 aromatic rings. The number of likely N-dealkylation sites (tertiary alicyclic amines) is 1. The predicted molar refractivity (Wildman–Crippen MR) is 119 cm³/mol. The first-order valence-corrected chi connectivity index (χ1v) is 11.1. The molecular weight excluding hydrogens is 410 g/mol. The molecule has 0 bridgehead atoms. The van der Waals surface area contributed by atoms with E-state index in [0.717, 1.165) is 22.4 Å². The number of hydrogen-bond donors (Lipinski definition) is 0. The quantitative estimate of drug-likeness (QED) is 0.443. The summed E-state index contributed by atoms with van der Waals surface area (Å²) in [5, 5.41) is 6.11. The SMILES string of the molecule is O=C(Cc1cccs1)N1CCC(Oc2ccccc2-c2nc(-c3ccccc3)no2)C1. The summed E-state index contributed by atoms with van der Waals surface area (Å²) in [5.41, 5.74) is 1.65. The lowest BCUT2D eigenvalue weighted by Crippen LogP contribution is -2.31. The number of ether oxygens (including phenoxy) is 1. The van der Waals surface area contributed by atoms with Gasteiger partial charge in [-0.2, -0.15) is 4.98 Å². The van der Waals surface area contributed by atoms with Crippen molar-refractivity contribution in [2.75, 3.05) is 13.1 Å². The molecule has 156 valence electrons. The van der Waals surface area contributed by atoms with Crippen LogP contribution >= 0.6 is 11.3 Å². The van der Waals surface area contributed by atoms with Crippen LogP contribution in [0.2, 0.25) is 0 Å². The molecule has 31 heavy (non-hydrogen) atoms. The standard InChI is InChI=1S/C24H21N3O3S/c28-22(15-19-9-6-14-31-19)27-13-12-18(16-27)29-21-11-5-4-10-20(21)24-25-23(26-30-24)17-7-2-1-3-8-17/h1-11,14,18H,12-13,15-16H2. The molecule has 1 aliphatic rings. The maximum absolute atomic E-state index is 12.6. The van der Waals surface area contributed by atoms with Crippen molar-refractivity contribution in [3.05, 3.63) is 77.0 Å². The maximum atomic E-state index is 12.6. The molecule has 1 fully saturated rings. The van der Waals surface area contributed by atoms with Gasteiger partial charge in [0.2, 0.25) is 11.7 Å². The molecule has 0 N–H and O–H groups in total. The van der Waals surface area contributed by atoms with Crippen molar-refractivity contribution in [3.8, 4) is 28.6 Å². The minimum Gasteiger partial charge on any atom is -0.488 e. The fourth-order valence-electron chi connectivity index (χ4n) is 3.69. The zero-order valence-electron chi connectivity index (χ0n) is 16.8. The van der Waals surface area contributed by atoms with Gasteiger partial charge in [0.25, 0.3) is 5.89 Å². The Labute approximate surface area is 184 Å². The fourth-order valence-corrected chi connectivity index (χ4v) is 4.38. The molecule has 0 radical (unpaired) electrons. The molecule has 1 unspecified atom stereocenters. The van der Waals surface area contributed by atoms with Gasteiger partial charge in [-0.3, -0.25) is 4.79 Å². The second kappa shape index (κ2) is 8.73. The number of para-hydroxylation sites is 1. The summed E-state index contributed by atoms with van der Waals surface area (Å²) in [4.78, 5) is 20.1. The molecule has 1 atom stereocenters. The number of hydrogen-bond acceptors (Lipinski definition) is 6. The van der Waals surface area contributed by atoms with Crippen LogP contribution < -0.4 is 4.74 Å². The van der Waals surface area contributed by atoms with E-state index in [1.807, 2.05) is 77.0 Å². The highest BCUT2D eigenvalue weighted by molar-refractivity contribution is 7.10. The van der Waals surface area contributed by atoms with Gasteiger partial charge in [-0.15, -0.1) is 11.3 Å². The first-order chi connectivity index (χ1) is 15.3. The summed E-state index contributed by atoms with van der Waals surface area (Å²) in [7, 11) is 0. The third-order valence-corrected chi connectivity index (χ3v) is 6.15. The molecule has 7 heteroatoms.